The second-order valence-corrected chi connectivity index (χ2v) is 10.5. The normalized spacial score (nSPS) is 17.6. The van der Waals surface area contributed by atoms with E-state index in [0.717, 1.165) is 37.0 Å². The van der Waals surface area contributed by atoms with Gasteiger partial charge in [-0.25, -0.2) is 9.78 Å². The van der Waals surface area contributed by atoms with E-state index in [2.05, 4.69) is 22.2 Å². The Morgan fingerprint density at radius 3 is 2.42 bits per heavy atom. The van der Waals surface area contributed by atoms with E-state index >= 15 is 0 Å². The van der Waals surface area contributed by atoms with Crippen LogP contribution in [0.5, 0.6) is 0 Å². The minimum Gasteiger partial charge on any atom is -0.477 e. The van der Waals surface area contributed by atoms with Gasteiger partial charge in [-0.15, -0.1) is 11.3 Å². The fourth-order valence-corrected chi connectivity index (χ4v) is 5.48. The third-order valence-corrected chi connectivity index (χ3v) is 7.63. The van der Waals surface area contributed by atoms with Gasteiger partial charge >= 0.3 is 5.97 Å². The van der Waals surface area contributed by atoms with Crippen LogP contribution in [0.3, 0.4) is 0 Å². The average Bonchev–Trinajstić information content (AvgIpc) is 3.30. The minimum atomic E-state index is -1.07. The third-order valence-electron chi connectivity index (χ3n) is 6.47. The molecule has 0 aliphatic heterocycles. The van der Waals surface area contributed by atoms with Gasteiger partial charge in [0.05, 0.1) is 5.69 Å². The lowest BCUT2D eigenvalue weighted by Crippen LogP contribution is -2.42. The van der Waals surface area contributed by atoms with E-state index in [4.69, 9.17) is 0 Å². The standard InChI is InChI=1S/C27H30N4O4S/c1-16(2)31(26(33)18-9-7-17(3)8-10-18)21-14-22(36-24(21)27(34)35)19-11-12-23(29-15-19)30-25(32)20-6-4-5-13-28-20/h4-6,11-18H,7-10H2,1-3H3,(H,34,35)(H,29,30,32)/t17-,18-. The van der Waals surface area contributed by atoms with Gasteiger partial charge in [-0.3, -0.25) is 14.6 Å². The van der Waals surface area contributed by atoms with Gasteiger partial charge < -0.3 is 15.3 Å². The summed E-state index contributed by atoms with van der Waals surface area (Å²) in [7, 11) is 0. The van der Waals surface area contributed by atoms with Gasteiger partial charge in [0, 0.05) is 34.8 Å². The molecule has 0 aromatic carbocycles. The highest BCUT2D eigenvalue weighted by atomic mass is 32.1. The molecule has 188 valence electrons. The lowest BCUT2D eigenvalue weighted by Gasteiger charge is -2.33. The van der Waals surface area contributed by atoms with E-state index in [1.165, 1.54) is 0 Å². The largest absolute Gasteiger partial charge is 0.477 e. The maximum atomic E-state index is 13.5. The predicted molar refractivity (Wildman–Crippen MR) is 140 cm³/mol. The number of rotatable bonds is 7. The van der Waals surface area contributed by atoms with Crippen LogP contribution in [0.1, 0.15) is 66.6 Å². The van der Waals surface area contributed by atoms with Crippen LogP contribution in [0.4, 0.5) is 11.5 Å². The van der Waals surface area contributed by atoms with Crippen molar-refractivity contribution in [2.45, 2.75) is 52.5 Å². The fourth-order valence-electron chi connectivity index (χ4n) is 4.50. The summed E-state index contributed by atoms with van der Waals surface area (Å²) in [5, 5.41) is 12.6. The van der Waals surface area contributed by atoms with E-state index in [1.54, 1.807) is 53.7 Å². The van der Waals surface area contributed by atoms with Crippen molar-refractivity contribution in [1.82, 2.24) is 9.97 Å². The van der Waals surface area contributed by atoms with E-state index in [1.807, 2.05) is 13.8 Å². The van der Waals surface area contributed by atoms with Crippen molar-refractivity contribution in [2.24, 2.45) is 11.8 Å². The van der Waals surface area contributed by atoms with E-state index in [9.17, 15) is 19.5 Å². The summed E-state index contributed by atoms with van der Waals surface area (Å²) in [5.41, 5.74) is 1.41. The number of hydrogen-bond donors (Lipinski definition) is 2. The number of aromatic carboxylic acids is 1. The van der Waals surface area contributed by atoms with Crippen LogP contribution in [-0.4, -0.2) is 38.9 Å². The Labute approximate surface area is 214 Å². The summed E-state index contributed by atoms with van der Waals surface area (Å²) in [6.45, 7) is 6.03. The highest BCUT2D eigenvalue weighted by Gasteiger charge is 2.33. The van der Waals surface area contributed by atoms with E-state index < -0.39 is 5.97 Å². The first kappa shape index (κ1) is 25.5. The molecule has 9 heteroatoms. The molecule has 0 radical (unpaired) electrons. The summed E-state index contributed by atoms with van der Waals surface area (Å²) >= 11 is 1.12. The summed E-state index contributed by atoms with van der Waals surface area (Å²) in [6.07, 6.45) is 6.81. The number of anilines is 2. The quantitative estimate of drug-likeness (QED) is 0.424. The monoisotopic (exact) mass is 506 g/mol. The number of thiophene rings is 1. The van der Waals surface area contributed by atoms with Crippen molar-refractivity contribution in [3.05, 3.63) is 59.4 Å². The number of carbonyl (C=O) groups is 3. The Morgan fingerprint density at radius 2 is 1.83 bits per heavy atom. The van der Waals surface area contributed by atoms with Crippen molar-refractivity contribution in [3.63, 3.8) is 0 Å². The molecular weight excluding hydrogens is 476 g/mol. The number of carboxylic acid groups (broad SMARTS) is 1. The zero-order valence-electron chi connectivity index (χ0n) is 20.6. The molecule has 2 N–H and O–H groups in total. The SMILES string of the molecule is CC(C)N(c1cc(-c2ccc(NC(=O)c3ccccn3)nc2)sc1C(=O)O)C(=O)[C@H]1CC[C@H](C)CC1. The highest BCUT2D eigenvalue weighted by Crippen LogP contribution is 2.39. The molecular formula is C27H30N4O4S. The molecule has 3 aromatic rings. The van der Waals surface area contributed by atoms with Crippen LogP contribution in [0.2, 0.25) is 0 Å². The Balaban J connectivity index is 1.58. The zero-order valence-corrected chi connectivity index (χ0v) is 21.4. The number of nitrogens with one attached hydrogen (secondary N) is 1. The van der Waals surface area contributed by atoms with Crippen LogP contribution in [0, 0.1) is 11.8 Å². The molecule has 0 bridgehead atoms. The number of carboxylic acids is 1. The topological polar surface area (TPSA) is 112 Å². The van der Waals surface area contributed by atoms with E-state index in [0.29, 0.717) is 27.9 Å². The zero-order chi connectivity index (χ0) is 25.8. The second kappa shape index (κ2) is 11.0. The minimum absolute atomic E-state index is 0.00513. The molecule has 3 aromatic heterocycles. The Morgan fingerprint density at radius 1 is 1.08 bits per heavy atom. The summed E-state index contributed by atoms with van der Waals surface area (Å²) in [5.74, 6) is -0.551. The van der Waals surface area contributed by atoms with Crippen LogP contribution >= 0.6 is 11.3 Å². The van der Waals surface area contributed by atoms with Gasteiger partial charge in [-0.2, -0.15) is 0 Å². The van der Waals surface area contributed by atoms with Crippen molar-refractivity contribution in [2.75, 3.05) is 10.2 Å². The number of aromatic nitrogens is 2. The molecule has 0 spiro atoms. The number of carbonyl (C=O) groups excluding carboxylic acids is 2. The fraction of sp³-hybridized carbons (Fsp3) is 0.370. The molecule has 1 fully saturated rings. The molecule has 3 heterocycles. The van der Waals surface area contributed by atoms with Gasteiger partial charge in [0.25, 0.3) is 5.91 Å². The molecule has 0 unspecified atom stereocenters. The highest BCUT2D eigenvalue weighted by molar-refractivity contribution is 7.18. The summed E-state index contributed by atoms with van der Waals surface area (Å²) in [4.78, 5) is 48.8. The van der Waals surface area contributed by atoms with Crippen molar-refractivity contribution < 1.29 is 19.5 Å². The second-order valence-electron chi connectivity index (χ2n) is 9.49. The summed E-state index contributed by atoms with van der Waals surface area (Å²) in [6, 6.07) is 10.1. The summed E-state index contributed by atoms with van der Waals surface area (Å²) < 4.78 is 0. The van der Waals surface area contributed by atoms with Gasteiger partial charge in [-0.05, 0) is 75.8 Å². The van der Waals surface area contributed by atoms with E-state index in [-0.39, 0.29) is 34.3 Å². The van der Waals surface area contributed by atoms with Crippen LogP contribution in [0.15, 0.2) is 48.8 Å². The van der Waals surface area contributed by atoms with Gasteiger partial charge in [0.1, 0.15) is 16.4 Å². The van der Waals surface area contributed by atoms with Gasteiger partial charge in [-0.1, -0.05) is 13.0 Å². The van der Waals surface area contributed by atoms with Crippen molar-refractivity contribution >= 4 is 40.6 Å². The molecule has 1 aliphatic carbocycles. The third kappa shape index (κ3) is 5.62. The number of hydrogen-bond acceptors (Lipinski definition) is 6. The lowest BCUT2D eigenvalue weighted by atomic mass is 9.82. The van der Waals surface area contributed by atoms with Crippen LogP contribution in [0.25, 0.3) is 10.4 Å². The molecule has 0 saturated heterocycles. The maximum absolute atomic E-state index is 13.5. The Hall–Kier alpha value is -3.59. The Bertz CT molecular complexity index is 1230. The smallest absolute Gasteiger partial charge is 0.348 e. The lowest BCUT2D eigenvalue weighted by molar-refractivity contribution is -0.123. The average molecular weight is 507 g/mol. The molecule has 8 nitrogen and oxygen atoms in total. The molecule has 2 amide bonds. The van der Waals surface area contributed by atoms with Gasteiger partial charge in [0.2, 0.25) is 5.91 Å². The van der Waals surface area contributed by atoms with Crippen molar-refractivity contribution in [1.29, 1.82) is 0 Å². The first-order valence-corrected chi connectivity index (χ1v) is 12.9. The number of amides is 2. The first-order valence-electron chi connectivity index (χ1n) is 12.1. The molecule has 36 heavy (non-hydrogen) atoms. The molecule has 1 aliphatic rings. The maximum Gasteiger partial charge on any atom is 0.348 e. The molecule has 1 saturated carbocycles. The number of nitrogens with zero attached hydrogens (tertiary/aromatic N) is 3. The van der Waals surface area contributed by atoms with Crippen LogP contribution < -0.4 is 10.2 Å². The first-order chi connectivity index (χ1) is 17.2. The molecule has 0 atom stereocenters. The Kier molecular flexibility index (Phi) is 7.79. The van der Waals surface area contributed by atoms with Gasteiger partial charge in [0.15, 0.2) is 0 Å². The number of pyridine rings is 2. The molecule has 4 rings (SSSR count). The predicted octanol–water partition coefficient (Wildman–Crippen LogP) is 5.72. The van der Waals surface area contributed by atoms with Crippen LogP contribution in [-0.2, 0) is 4.79 Å². The van der Waals surface area contributed by atoms with Crippen molar-refractivity contribution in [3.8, 4) is 10.4 Å².